The molecule has 0 radical (unpaired) electrons. The van der Waals surface area contributed by atoms with Gasteiger partial charge in [-0.2, -0.15) is 4.99 Å². The van der Waals surface area contributed by atoms with E-state index >= 15 is 0 Å². The van der Waals surface area contributed by atoms with Gasteiger partial charge in [-0.15, -0.1) is 13.2 Å². The highest BCUT2D eigenvalue weighted by atomic mass is 19.4. The van der Waals surface area contributed by atoms with Crippen LogP contribution in [0.25, 0.3) is 11.2 Å². The van der Waals surface area contributed by atoms with Gasteiger partial charge >= 0.3 is 6.30 Å². The maximum absolute atomic E-state index is 12.9. The van der Waals surface area contributed by atoms with E-state index in [1.54, 1.807) is 11.7 Å². The zero-order chi connectivity index (χ0) is 22.9. The number of nitrogens with zero attached hydrogens (tertiary/aromatic N) is 4. The number of methoxy groups -OCH3 is 1. The maximum Gasteiger partial charge on any atom is 0.505 e. The number of aromatic nitrogens is 4. The van der Waals surface area contributed by atoms with Gasteiger partial charge in [0.2, 0.25) is 0 Å². The van der Waals surface area contributed by atoms with Crippen molar-refractivity contribution in [1.82, 2.24) is 19.5 Å². The summed E-state index contributed by atoms with van der Waals surface area (Å²) in [5.41, 5.74) is 0.981. The minimum absolute atomic E-state index is 0.00184. The third-order valence-corrected chi connectivity index (χ3v) is 5.47. The van der Waals surface area contributed by atoms with Crippen LogP contribution in [0.5, 0.6) is 11.5 Å². The van der Waals surface area contributed by atoms with Crippen LogP contribution >= 0.6 is 0 Å². The Balaban J connectivity index is 1.72. The minimum atomic E-state index is -4.72. The first-order chi connectivity index (χ1) is 15.2. The number of aromatic amines is 1. The van der Waals surface area contributed by atoms with Crippen molar-refractivity contribution in [3.05, 3.63) is 41.4 Å². The molecular formula is C22H26F3N5O2. The summed E-state index contributed by atoms with van der Waals surface area (Å²) in [5.74, 6) is 1.88. The number of nitrogens with one attached hydrogen (secondary N) is 1. The predicted octanol–water partition coefficient (Wildman–Crippen LogP) is 4.68. The molecule has 1 aliphatic carbocycles. The molecule has 1 N–H and O–H groups in total. The standard InChI is InChI=1S/C22H26F3N5O2/c1-13(2)19-27-18-20(29-22(23,24)25)26-12-30(21(18)28-19)11-14-8-9-16(31-3)17(10-14)32-15-6-4-5-7-15/h8-10,12-13,15H,4-7,11H2,1-3H3,(H,27,28). The van der Waals surface area contributed by atoms with E-state index in [1.807, 2.05) is 32.0 Å². The number of imidazole rings is 1. The van der Waals surface area contributed by atoms with Crippen molar-refractivity contribution in [3.63, 3.8) is 0 Å². The predicted molar refractivity (Wildman–Crippen MR) is 113 cm³/mol. The van der Waals surface area contributed by atoms with Gasteiger partial charge in [0.15, 0.2) is 22.6 Å². The summed E-state index contributed by atoms with van der Waals surface area (Å²) in [4.78, 5) is 14.2. The van der Waals surface area contributed by atoms with E-state index in [1.165, 1.54) is 6.33 Å². The monoisotopic (exact) mass is 449 g/mol. The van der Waals surface area contributed by atoms with Crippen molar-refractivity contribution >= 4 is 11.2 Å². The molecular weight excluding hydrogens is 423 g/mol. The Kier molecular flexibility index (Phi) is 6.12. The molecule has 0 spiro atoms. The number of halogens is 3. The lowest BCUT2D eigenvalue weighted by molar-refractivity contribution is -0.123. The van der Waals surface area contributed by atoms with Gasteiger partial charge in [-0.1, -0.05) is 19.9 Å². The summed E-state index contributed by atoms with van der Waals surface area (Å²) in [7, 11) is 1.60. The number of H-pyrrole nitrogens is 1. The van der Waals surface area contributed by atoms with Crippen LogP contribution in [-0.2, 0) is 6.54 Å². The van der Waals surface area contributed by atoms with Gasteiger partial charge in [-0.25, -0.2) is 9.97 Å². The molecule has 172 valence electrons. The Hall–Kier alpha value is -3.04. The Morgan fingerprint density at radius 3 is 2.62 bits per heavy atom. The smallest absolute Gasteiger partial charge is 0.493 e. The van der Waals surface area contributed by atoms with Crippen molar-refractivity contribution in [3.8, 4) is 11.5 Å². The number of hydrogen-bond acceptors (Lipinski definition) is 5. The molecule has 4 rings (SSSR count). The second kappa shape index (κ2) is 8.84. The molecule has 1 saturated carbocycles. The average molecular weight is 449 g/mol. The number of ether oxygens (including phenoxy) is 2. The highest BCUT2D eigenvalue weighted by Crippen LogP contribution is 2.33. The van der Waals surface area contributed by atoms with E-state index < -0.39 is 11.8 Å². The van der Waals surface area contributed by atoms with Gasteiger partial charge < -0.3 is 19.0 Å². The normalized spacial score (nSPS) is 15.8. The van der Waals surface area contributed by atoms with Crippen LogP contribution in [0.3, 0.4) is 0 Å². The second-order valence-electron chi connectivity index (χ2n) is 8.26. The Bertz CT molecular complexity index is 1160. The van der Waals surface area contributed by atoms with Crippen molar-refractivity contribution in [2.45, 2.75) is 64.4 Å². The van der Waals surface area contributed by atoms with Gasteiger partial charge in [-0.3, -0.25) is 0 Å². The molecule has 32 heavy (non-hydrogen) atoms. The zero-order valence-electron chi connectivity index (χ0n) is 18.2. The number of benzene rings is 1. The molecule has 2 aromatic heterocycles. The maximum atomic E-state index is 12.9. The summed E-state index contributed by atoms with van der Waals surface area (Å²) < 4.78 is 52.0. The van der Waals surface area contributed by atoms with E-state index in [2.05, 4.69) is 19.9 Å². The first-order valence-electron chi connectivity index (χ1n) is 10.6. The van der Waals surface area contributed by atoms with Gasteiger partial charge in [0.1, 0.15) is 11.3 Å². The lowest BCUT2D eigenvalue weighted by atomic mass is 10.2. The van der Waals surface area contributed by atoms with E-state index in [4.69, 9.17) is 9.47 Å². The molecule has 7 nitrogen and oxygen atoms in total. The van der Waals surface area contributed by atoms with E-state index in [-0.39, 0.29) is 17.5 Å². The van der Waals surface area contributed by atoms with E-state index in [9.17, 15) is 13.2 Å². The molecule has 10 heteroatoms. The van der Waals surface area contributed by atoms with Crippen LogP contribution in [0.1, 0.15) is 56.8 Å². The summed E-state index contributed by atoms with van der Waals surface area (Å²) in [6.07, 6.45) is 1.11. The molecule has 2 heterocycles. The van der Waals surface area contributed by atoms with Gasteiger partial charge in [0, 0.05) is 5.92 Å². The van der Waals surface area contributed by atoms with Crippen molar-refractivity contribution in [1.29, 1.82) is 0 Å². The van der Waals surface area contributed by atoms with Crippen molar-refractivity contribution < 1.29 is 22.6 Å². The van der Waals surface area contributed by atoms with Gasteiger partial charge in [0.25, 0.3) is 0 Å². The summed E-state index contributed by atoms with van der Waals surface area (Å²) in [6, 6.07) is 5.63. The lowest BCUT2D eigenvalue weighted by Crippen LogP contribution is -2.19. The van der Waals surface area contributed by atoms with Crippen LogP contribution in [0.4, 0.5) is 13.2 Å². The largest absolute Gasteiger partial charge is 0.505 e. The second-order valence-corrected chi connectivity index (χ2v) is 8.26. The topological polar surface area (TPSA) is 77.3 Å². The summed E-state index contributed by atoms with van der Waals surface area (Å²) in [6.45, 7) is 4.17. The third kappa shape index (κ3) is 4.89. The molecule has 0 saturated heterocycles. The molecule has 1 aliphatic rings. The fourth-order valence-corrected chi connectivity index (χ4v) is 3.88. The average Bonchev–Trinajstić information content (AvgIpc) is 3.39. The van der Waals surface area contributed by atoms with Crippen LogP contribution in [-0.4, -0.2) is 39.0 Å². The number of hydrogen-bond donors (Lipinski definition) is 1. The van der Waals surface area contributed by atoms with Crippen LogP contribution in [0, 0.1) is 0 Å². The van der Waals surface area contributed by atoms with Gasteiger partial charge in [0.05, 0.1) is 26.1 Å². The molecule has 3 aromatic rings. The highest BCUT2D eigenvalue weighted by molar-refractivity contribution is 5.69. The third-order valence-electron chi connectivity index (χ3n) is 5.47. The SMILES string of the molecule is COc1ccc(Cn2cnc(=NC(F)(F)F)c3[nH]c(C(C)C)nc32)cc1OC1CCCC1. The number of alkyl halides is 3. The van der Waals surface area contributed by atoms with Crippen molar-refractivity contribution in [2.24, 2.45) is 4.99 Å². The zero-order valence-corrected chi connectivity index (χ0v) is 18.2. The Morgan fingerprint density at radius 1 is 1.22 bits per heavy atom. The molecule has 0 bridgehead atoms. The summed E-state index contributed by atoms with van der Waals surface area (Å²) >= 11 is 0. The molecule has 0 unspecified atom stereocenters. The molecule has 1 aromatic carbocycles. The molecule has 0 amide bonds. The van der Waals surface area contributed by atoms with Crippen LogP contribution in [0.15, 0.2) is 29.5 Å². The first kappa shape index (κ1) is 22.2. The van der Waals surface area contributed by atoms with E-state index in [0.717, 1.165) is 31.2 Å². The first-order valence-corrected chi connectivity index (χ1v) is 10.6. The van der Waals surface area contributed by atoms with Gasteiger partial charge in [-0.05, 0) is 43.4 Å². The molecule has 0 aliphatic heterocycles. The van der Waals surface area contributed by atoms with E-state index in [0.29, 0.717) is 29.5 Å². The van der Waals surface area contributed by atoms with Crippen LogP contribution in [0.2, 0.25) is 0 Å². The quantitative estimate of drug-likeness (QED) is 0.555. The van der Waals surface area contributed by atoms with Crippen molar-refractivity contribution in [2.75, 3.05) is 7.11 Å². The van der Waals surface area contributed by atoms with Crippen LogP contribution < -0.4 is 15.0 Å². The number of fused-ring (bicyclic) bond motifs is 1. The minimum Gasteiger partial charge on any atom is -0.493 e. The fraction of sp³-hybridized carbons (Fsp3) is 0.500. The lowest BCUT2D eigenvalue weighted by Gasteiger charge is -2.17. The Morgan fingerprint density at radius 2 is 1.97 bits per heavy atom. The molecule has 0 atom stereocenters. The Labute approximate surface area is 183 Å². The summed E-state index contributed by atoms with van der Waals surface area (Å²) in [5, 5.41) is 0. The molecule has 1 fully saturated rings. The highest BCUT2D eigenvalue weighted by Gasteiger charge is 2.27. The number of rotatable bonds is 6. The fourth-order valence-electron chi connectivity index (χ4n) is 3.88.